The maximum Gasteiger partial charge on any atom is 0.240 e. The van der Waals surface area contributed by atoms with Crippen LogP contribution in [-0.2, 0) is 16.4 Å². The van der Waals surface area contributed by atoms with Crippen molar-refractivity contribution in [2.24, 2.45) is 0 Å². The van der Waals surface area contributed by atoms with Crippen molar-refractivity contribution < 1.29 is 13.5 Å². The van der Waals surface area contributed by atoms with E-state index in [9.17, 15) is 8.42 Å². The van der Waals surface area contributed by atoms with Crippen LogP contribution in [0.3, 0.4) is 0 Å². The Bertz CT molecular complexity index is 469. The first-order valence-corrected chi connectivity index (χ1v) is 7.78. The van der Waals surface area contributed by atoms with Crippen molar-refractivity contribution >= 4 is 10.0 Å². The van der Waals surface area contributed by atoms with Gasteiger partial charge in [-0.2, -0.15) is 0 Å². The Balaban J connectivity index is 2.63. The summed E-state index contributed by atoms with van der Waals surface area (Å²) in [4.78, 5) is 2.19. The Morgan fingerprint density at radius 1 is 1.21 bits per heavy atom. The van der Waals surface area contributed by atoms with E-state index < -0.39 is 10.0 Å². The van der Waals surface area contributed by atoms with Crippen LogP contribution in [0.1, 0.15) is 12.0 Å². The van der Waals surface area contributed by atoms with Crippen LogP contribution in [0.5, 0.6) is 0 Å². The fraction of sp³-hybridized carbons (Fsp3) is 0.538. The lowest BCUT2D eigenvalue weighted by Crippen LogP contribution is -2.31. The lowest BCUT2D eigenvalue weighted by Gasteiger charge is -2.11. The topological polar surface area (TPSA) is 69.6 Å². The minimum Gasteiger partial charge on any atom is -0.396 e. The van der Waals surface area contributed by atoms with Crippen molar-refractivity contribution in [3.63, 3.8) is 0 Å². The predicted molar refractivity (Wildman–Crippen MR) is 75.6 cm³/mol. The van der Waals surface area contributed by atoms with E-state index in [0.717, 1.165) is 12.0 Å². The van der Waals surface area contributed by atoms with Crippen LogP contribution in [-0.4, -0.2) is 52.2 Å². The molecule has 0 spiro atoms. The van der Waals surface area contributed by atoms with E-state index in [0.29, 0.717) is 19.5 Å². The summed E-state index contributed by atoms with van der Waals surface area (Å²) >= 11 is 0. The number of nitrogens with zero attached hydrogens (tertiary/aromatic N) is 1. The summed E-state index contributed by atoms with van der Waals surface area (Å²) in [7, 11) is 0.367. The SMILES string of the molecule is CN(C)CCNS(=O)(=O)c1ccc(CCCO)cc1. The second-order valence-electron chi connectivity index (χ2n) is 4.67. The molecule has 0 aliphatic rings. The molecule has 0 radical (unpaired) electrons. The van der Waals surface area contributed by atoms with E-state index in [-0.39, 0.29) is 11.5 Å². The molecule has 2 N–H and O–H groups in total. The zero-order valence-corrected chi connectivity index (χ0v) is 12.3. The van der Waals surface area contributed by atoms with Gasteiger partial charge in [0.2, 0.25) is 10.0 Å². The van der Waals surface area contributed by atoms with Gasteiger partial charge in [0.1, 0.15) is 0 Å². The summed E-state index contributed by atoms with van der Waals surface area (Å²) in [5, 5.41) is 8.74. The summed E-state index contributed by atoms with van der Waals surface area (Å²) in [6, 6.07) is 6.78. The van der Waals surface area contributed by atoms with Crippen molar-refractivity contribution in [2.45, 2.75) is 17.7 Å². The molecule has 0 aliphatic carbocycles. The molecule has 0 aliphatic heterocycles. The zero-order valence-electron chi connectivity index (χ0n) is 11.5. The molecular formula is C13H22N2O3S. The number of hydrogen-bond donors (Lipinski definition) is 2. The summed E-state index contributed by atoms with van der Waals surface area (Å²) in [5.41, 5.74) is 1.03. The first kappa shape index (κ1) is 16.1. The van der Waals surface area contributed by atoms with Crippen LogP contribution in [0, 0.1) is 0 Å². The van der Waals surface area contributed by atoms with Gasteiger partial charge in [0.05, 0.1) is 4.90 Å². The minimum absolute atomic E-state index is 0.145. The third-order valence-electron chi connectivity index (χ3n) is 2.71. The third-order valence-corrected chi connectivity index (χ3v) is 4.19. The van der Waals surface area contributed by atoms with Crippen LogP contribution in [0.15, 0.2) is 29.2 Å². The molecule has 6 heteroatoms. The van der Waals surface area contributed by atoms with Gasteiger partial charge in [-0.25, -0.2) is 13.1 Å². The van der Waals surface area contributed by atoms with Crippen LogP contribution >= 0.6 is 0 Å². The molecule has 0 aromatic heterocycles. The molecule has 1 aromatic rings. The van der Waals surface area contributed by atoms with E-state index in [1.807, 2.05) is 19.0 Å². The molecule has 5 nitrogen and oxygen atoms in total. The first-order valence-electron chi connectivity index (χ1n) is 6.30. The highest BCUT2D eigenvalue weighted by Gasteiger charge is 2.12. The quantitative estimate of drug-likeness (QED) is 0.728. The maximum absolute atomic E-state index is 12.0. The highest BCUT2D eigenvalue weighted by atomic mass is 32.2. The van der Waals surface area contributed by atoms with Crippen molar-refractivity contribution in [1.29, 1.82) is 0 Å². The van der Waals surface area contributed by atoms with Gasteiger partial charge in [-0.1, -0.05) is 12.1 Å². The number of benzene rings is 1. The summed E-state index contributed by atoms with van der Waals surface area (Å²) < 4.78 is 26.5. The van der Waals surface area contributed by atoms with E-state index in [4.69, 9.17) is 5.11 Å². The molecule has 0 fully saturated rings. The van der Waals surface area contributed by atoms with Crippen LogP contribution in [0.4, 0.5) is 0 Å². The average Bonchev–Trinajstić information content (AvgIpc) is 2.36. The molecule has 108 valence electrons. The van der Waals surface area contributed by atoms with Gasteiger partial charge in [0.15, 0.2) is 0 Å². The highest BCUT2D eigenvalue weighted by molar-refractivity contribution is 7.89. The third kappa shape index (κ3) is 5.69. The number of nitrogens with one attached hydrogen (secondary N) is 1. The van der Waals surface area contributed by atoms with Crippen molar-refractivity contribution in [2.75, 3.05) is 33.8 Å². The fourth-order valence-corrected chi connectivity index (χ4v) is 2.63. The van der Waals surface area contributed by atoms with Crippen LogP contribution in [0.2, 0.25) is 0 Å². The Morgan fingerprint density at radius 3 is 2.37 bits per heavy atom. The molecule has 0 unspecified atom stereocenters. The molecule has 1 aromatic carbocycles. The number of aliphatic hydroxyl groups is 1. The lowest BCUT2D eigenvalue weighted by molar-refractivity contribution is 0.288. The van der Waals surface area contributed by atoms with E-state index >= 15 is 0 Å². The Labute approximate surface area is 115 Å². The number of rotatable bonds is 8. The largest absolute Gasteiger partial charge is 0.396 e. The minimum atomic E-state index is -3.42. The van der Waals surface area contributed by atoms with Crippen LogP contribution in [0.25, 0.3) is 0 Å². The molecular weight excluding hydrogens is 264 g/mol. The normalized spacial score (nSPS) is 12.0. The number of likely N-dealkylation sites (N-methyl/N-ethyl adjacent to an activating group) is 1. The van der Waals surface area contributed by atoms with Crippen molar-refractivity contribution in [3.8, 4) is 0 Å². The molecule has 1 rings (SSSR count). The zero-order chi connectivity index (χ0) is 14.3. The molecule has 0 saturated heterocycles. The summed E-state index contributed by atoms with van der Waals surface area (Å²) in [5.74, 6) is 0. The maximum atomic E-state index is 12.0. The van der Waals surface area contributed by atoms with Gasteiger partial charge in [0, 0.05) is 19.7 Å². The number of hydrogen-bond acceptors (Lipinski definition) is 4. The predicted octanol–water partition coefficient (Wildman–Crippen LogP) is 0.451. The van der Waals surface area contributed by atoms with Gasteiger partial charge in [0.25, 0.3) is 0 Å². The first-order chi connectivity index (χ1) is 8.95. The fourth-order valence-electron chi connectivity index (χ4n) is 1.61. The average molecular weight is 286 g/mol. The van der Waals surface area contributed by atoms with Gasteiger partial charge in [-0.15, -0.1) is 0 Å². The Hall–Kier alpha value is -0.950. The standard InChI is InChI=1S/C13H22N2O3S/c1-15(2)10-9-14-19(17,18)13-7-5-12(6-8-13)4-3-11-16/h5-8,14,16H,3-4,9-11H2,1-2H3. The second-order valence-corrected chi connectivity index (χ2v) is 6.44. The Kier molecular flexibility index (Phi) is 6.44. The van der Waals surface area contributed by atoms with E-state index in [1.54, 1.807) is 24.3 Å². The van der Waals surface area contributed by atoms with Gasteiger partial charge in [-0.05, 0) is 44.6 Å². The lowest BCUT2D eigenvalue weighted by atomic mass is 10.1. The molecule has 0 heterocycles. The molecule has 19 heavy (non-hydrogen) atoms. The van der Waals surface area contributed by atoms with Crippen LogP contribution < -0.4 is 4.72 Å². The Morgan fingerprint density at radius 2 is 1.84 bits per heavy atom. The van der Waals surface area contributed by atoms with E-state index in [2.05, 4.69) is 4.72 Å². The van der Waals surface area contributed by atoms with Gasteiger partial charge >= 0.3 is 0 Å². The second kappa shape index (κ2) is 7.59. The highest BCUT2D eigenvalue weighted by Crippen LogP contribution is 2.11. The van der Waals surface area contributed by atoms with Crippen molar-refractivity contribution in [1.82, 2.24) is 9.62 Å². The molecule has 0 amide bonds. The number of aliphatic hydroxyl groups excluding tert-OH is 1. The number of aryl methyl sites for hydroxylation is 1. The van der Waals surface area contributed by atoms with Gasteiger partial charge in [-0.3, -0.25) is 0 Å². The molecule has 0 bridgehead atoms. The van der Waals surface area contributed by atoms with E-state index in [1.165, 1.54) is 0 Å². The monoisotopic (exact) mass is 286 g/mol. The summed E-state index contributed by atoms with van der Waals surface area (Å²) in [6.45, 7) is 1.20. The summed E-state index contributed by atoms with van der Waals surface area (Å²) in [6.07, 6.45) is 1.44. The molecule has 0 saturated carbocycles. The number of sulfonamides is 1. The molecule has 0 atom stereocenters. The smallest absolute Gasteiger partial charge is 0.240 e. The van der Waals surface area contributed by atoms with Crippen molar-refractivity contribution in [3.05, 3.63) is 29.8 Å². The van der Waals surface area contributed by atoms with Gasteiger partial charge < -0.3 is 10.0 Å².